The Kier molecular flexibility index (Phi) is 5.19. The van der Waals surface area contributed by atoms with E-state index in [-0.39, 0.29) is 0 Å². The van der Waals surface area contributed by atoms with Crippen molar-refractivity contribution >= 4 is 6.29 Å². The number of unbranched alkanes of at least 4 members (excludes halogenated alkanes) is 1. The second-order valence-electron chi connectivity index (χ2n) is 4.57. The standard InChI is InChI=1S/C11H22O/c1-5-10(11(2,3)4)8-6-7-9-12/h9-10H,5-8H2,1-4H3. The van der Waals surface area contributed by atoms with Gasteiger partial charge in [0.1, 0.15) is 6.29 Å². The molecule has 0 aliphatic heterocycles. The number of rotatable bonds is 5. The summed E-state index contributed by atoms with van der Waals surface area (Å²) in [7, 11) is 0. The molecule has 1 unspecified atom stereocenters. The summed E-state index contributed by atoms with van der Waals surface area (Å²) < 4.78 is 0. The SMILES string of the molecule is CCC(CCCC=O)C(C)(C)C. The maximum Gasteiger partial charge on any atom is 0.119 e. The smallest absolute Gasteiger partial charge is 0.119 e. The molecule has 12 heavy (non-hydrogen) atoms. The Morgan fingerprint density at radius 3 is 2.25 bits per heavy atom. The van der Waals surface area contributed by atoms with Gasteiger partial charge in [-0.2, -0.15) is 0 Å². The lowest BCUT2D eigenvalue weighted by Gasteiger charge is -2.29. The highest BCUT2D eigenvalue weighted by molar-refractivity contribution is 5.48. The van der Waals surface area contributed by atoms with Gasteiger partial charge in [-0.3, -0.25) is 0 Å². The molecule has 0 aliphatic rings. The first-order valence-electron chi connectivity index (χ1n) is 4.96. The fourth-order valence-electron chi connectivity index (χ4n) is 1.70. The van der Waals surface area contributed by atoms with Crippen molar-refractivity contribution in [3.8, 4) is 0 Å². The van der Waals surface area contributed by atoms with E-state index >= 15 is 0 Å². The summed E-state index contributed by atoms with van der Waals surface area (Å²) in [5.41, 5.74) is 0.400. The van der Waals surface area contributed by atoms with E-state index in [1.807, 2.05) is 0 Å². The summed E-state index contributed by atoms with van der Waals surface area (Å²) in [4.78, 5) is 10.1. The second-order valence-corrected chi connectivity index (χ2v) is 4.57. The molecule has 0 spiro atoms. The highest BCUT2D eigenvalue weighted by atomic mass is 16.1. The predicted octanol–water partition coefficient (Wildman–Crippen LogP) is 3.43. The van der Waals surface area contributed by atoms with Gasteiger partial charge in [0.25, 0.3) is 0 Å². The third-order valence-corrected chi connectivity index (χ3v) is 2.59. The molecule has 1 heteroatoms. The van der Waals surface area contributed by atoms with E-state index < -0.39 is 0 Å². The van der Waals surface area contributed by atoms with E-state index in [1.54, 1.807) is 0 Å². The van der Waals surface area contributed by atoms with Gasteiger partial charge in [-0.15, -0.1) is 0 Å². The van der Waals surface area contributed by atoms with Crippen LogP contribution in [0.2, 0.25) is 0 Å². The predicted molar refractivity (Wildman–Crippen MR) is 53.2 cm³/mol. The molecule has 0 aliphatic carbocycles. The molecule has 0 fully saturated rings. The van der Waals surface area contributed by atoms with Crippen molar-refractivity contribution in [3.63, 3.8) is 0 Å². The Hall–Kier alpha value is -0.330. The van der Waals surface area contributed by atoms with Crippen molar-refractivity contribution in [1.29, 1.82) is 0 Å². The quantitative estimate of drug-likeness (QED) is 0.456. The molecule has 0 rings (SSSR count). The molecule has 72 valence electrons. The zero-order valence-corrected chi connectivity index (χ0v) is 8.89. The van der Waals surface area contributed by atoms with E-state index in [1.165, 1.54) is 12.8 Å². The van der Waals surface area contributed by atoms with E-state index in [0.29, 0.717) is 5.41 Å². The van der Waals surface area contributed by atoms with Gasteiger partial charge in [-0.05, 0) is 24.2 Å². The minimum Gasteiger partial charge on any atom is -0.303 e. The largest absolute Gasteiger partial charge is 0.303 e. The molecule has 0 saturated heterocycles. The van der Waals surface area contributed by atoms with Gasteiger partial charge in [0, 0.05) is 6.42 Å². The number of carbonyl (C=O) groups is 1. The molecule has 0 radical (unpaired) electrons. The van der Waals surface area contributed by atoms with Crippen LogP contribution in [0.5, 0.6) is 0 Å². The second kappa shape index (κ2) is 5.34. The summed E-state index contributed by atoms with van der Waals surface area (Å²) in [6.45, 7) is 9.07. The zero-order valence-electron chi connectivity index (χ0n) is 8.89. The third kappa shape index (κ3) is 4.53. The van der Waals surface area contributed by atoms with Crippen molar-refractivity contribution in [2.45, 2.75) is 53.4 Å². The van der Waals surface area contributed by atoms with Gasteiger partial charge >= 0.3 is 0 Å². The molecule has 0 aromatic rings. The lowest BCUT2D eigenvalue weighted by Crippen LogP contribution is -2.19. The van der Waals surface area contributed by atoms with Crippen molar-refractivity contribution in [2.75, 3.05) is 0 Å². The van der Waals surface area contributed by atoms with Crippen molar-refractivity contribution in [3.05, 3.63) is 0 Å². The number of hydrogen-bond acceptors (Lipinski definition) is 1. The Balaban J connectivity index is 3.75. The van der Waals surface area contributed by atoms with Gasteiger partial charge in [0.2, 0.25) is 0 Å². The van der Waals surface area contributed by atoms with E-state index in [9.17, 15) is 4.79 Å². The maximum atomic E-state index is 10.1. The monoisotopic (exact) mass is 170 g/mol. The first-order valence-corrected chi connectivity index (χ1v) is 4.96. The highest BCUT2D eigenvalue weighted by Crippen LogP contribution is 2.32. The molecule has 0 bridgehead atoms. The van der Waals surface area contributed by atoms with Crippen molar-refractivity contribution in [1.82, 2.24) is 0 Å². The van der Waals surface area contributed by atoms with Gasteiger partial charge < -0.3 is 4.79 Å². The molecule has 0 heterocycles. The van der Waals surface area contributed by atoms with Crippen LogP contribution in [0, 0.1) is 11.3 Å². The minimum atomic E-state index is 0.400. The average Bonchev–Trinajstić information content (AvgIpc) is 1.95. The van der Waals surface area contributed by atoms with Crippen LogP contribution in [0.4, 0.5) is 0 Å². The summed E-state index contributed by atoms with van der Waals surface area (Å²) in [6, 6.07) is 0. The Morgan fingerprint density at radius 2 is 1.92 bits per heavy atom. The molecule has 0 saturated carbocycles. The third-order valence-electron chi connectivity index (χ3n) is 2.59. The average molecular weight is 170 g/mol. The lowest BCUT2D eigenvalue weighted by atomic mass is 9.76. The molecule has 0 amide bonds. The lowest BCUT2D eigenvalue weighted by molar-refractivity contribution is -0.108. The molecule has 0 aromatic carbocycles. The molecule has 0 aromatic heterocycles. The van der Waals surface area contributed by atoms with Crippen LogP contribution in [0.25, 0.3) is 0 Å². The Bertz CT molecular complexity index is 121. The maximum absolute atomic E-state index is 10.1. The zero-order chi connectivity index (χ0) is 9.61. The van der Waals surface area contributed by atoms with Crippen LogP contribution in [-0.2, 0) is 4.79 Å². The summed E-state index contributed by atoms with van der Waals surface area (Å²) in [6.07, 6.45) is 5.22. The van der Waals surface area contributed by atoms with E-state index in [0.717, 1.165) is 25.0 Å². The van der Waals surface area contributed by atoms with Gasteiger partial charge in [0.15, 0.2) is 0 Å². The van der Waals surface area contributed by atoms with Gasteiger partial charge in [-0.1, -0.05) is 34.1 Å². The normalized spacial score (nSPS) is 14.3. The van der Waals surface area contributed by atoms with Crippen LogP contribution in [0.3, 0.4) is 0 Å². The van der Waals surface area contributed by atoms with Crippen LogP contribution in [0.1, 0.15) is 53.4 Å². The summed E-state index contributed by atoms with van der Waals surface area (Å²) >= 11 is 0. The first-order chi connectivity index (χ1) is 5.52. The van der Waals surface area contributed by atoms with Crippen LogP contribution < -0.4 is 0 Å². The number of carbonyl (C=O) groups excluding carboxylic acids is 1. The molecular formula is C11H22O. The fraction of sp³-hybridized carbons (Fsp3) is 0.909. The van der Waals surface area contributed by atoms with Crippen molar-refractivity contribution in [2.24, 2.45) is 11.3 Å². The number of aldehydes is 1. The minimum absolute atomic E-state index is 0.400. The fourth-order valence-corrected chi connectivity index (χ4v) is 1.70. The van der Waals surface area contributed by atoms with Crippen molar-refractivity contribution < 1.29 is 4.79 Å². The molecule has 1 nitrogen and oxygen atoms in total. The molecule has 0 N–H and O–H groups in total. The van der Waals surface area contributed by atoms with Gasteiger partial charge in [-0.25, -0.2) is 0 Å². The number of hydrogen-bond donors (Lipinski definition) is 0. The van der Waals surface area contributed by atoms with Crippen LogP contribution >= 0.6 is 0 Å². The first kappa shape index (κ1) is 11.7. The molecular weight excluding hydrogens is 148 g/mol. The summed E-state index contributed by atoms with van der Waals surface area (Å²) in [5.74, 6) is 0.762. The topological polar surface area (TPSA) is 17.1 Å². The Labute approximate surface area is 76.6 Å². The van der Waals surface area contributed by atoms with E-state index in [4.69, 9.17) is 0 Å². The highest BCUT2D eigenvalue weighted by Gasteiger charge is 2.21. The summed E-state index contributed by atoms with van der Waals surface area (Å²) in [5, 5.41) is 0. The van der Waals surface area contributed by atoms with Gasteiger partial charge in [0.05, 0.1) is 0 Å². The van der Waals surface area contributed by atoms with E-state index in [2.05, 4.69) is 27.7 Å². The van der Waals surface area contributed by atoms with Crippen LogP contribution in [0.15, 0.2) is 0 Å². The van der Waals surface area contributed by atoms with Crippen LogP contribution in [-0.4, -0.2) is 6.29 Å². The Morgan fingerprint density at radius 1 is 1.33 bits per heavy atom. The molecule has 1 atom stereocenters.